The number of carbonyl (C=O) groups is 1. The minimum absolute atomic E-state index is 0.118. The van der Waals surface area contributed by atoms with E-state index < -0.39 is 0 Å². The van der Waals surface area contributed by atoms with Crippen LogP contribution < -0.4 is 10.6 Å². The molecule has 0 atom stereocenters. The van der Waals surface area contributed by atoms with Crippen LogP contribution >= 0.6 is 15.9 Å². The molecule has 2 rings (SSSR count). The van der Waals surface area contributed by atoms with Crippen LogP contribution in [0.3, 0.4) is 0 Å². The third-order valence-electron chi connectivity index (χ3n) is 3.31. The SMILES string of the molecule is CC(C)CCNc1ccc(NC(=O)c2ccccc2Br)cc1. The lowest BCUT2D eigenvalue weighted by atomic mass is 10.1. The second-order valence-electron chi connectivity index (χ2n) is 5.62. The summed E-state index contributed by atoms with van der Waals surface area (Å²) >= 11 is 3.39. The van der Waals surface area contributed by atoms with Gasteiger partial charge < -0.3 is 10.6 Å². The highest BCUT2D eigenvalue weighted by molar-refractivity contribution is 9.10. The standard InChI is InChI=1S/C18H21BrN2O/c1-13(2)11-12-20-14-7-9-15(10-8-14)21-18(22)16-5-3-4-6-17(16)19/h3-10,13,20H,11-12H2,1-2H3,(H,21,22). The third-order valence-corrected chi connectivity index (χ3v) is 4.00. The minimum Gasteiger partial charge on any atom is -0.385 e. The Labute approximate surface area is 140 Å². The molecule has 0 fully saturated rings. The molecular weight excluding hydrogens is 340 g/mol. The van der Waals surface area contributed by atoms with Crippen molar-refractivity contribution in [2.45, 2.75) is 20.3 Å². The van der Waals surface area contributed by atoms with Crippen LogP contribution in [0.2, 0.25) is 0 Å². The highest BCUT2D eigenvalue weighted by atomic mass is 79.9. The summed E-state index contributed by atoms with van der Waals surface area (Å²) in [7, 11) is 0. The smallest absolute Gasteiger partial charge is 0.256 e. The van der Waals surface area contributed by atoms with Gasteiger partial charge in [-0.15, -0.1) is 0 Å². The van der Waals surface area contributed by atoms with Gasteiger partial charge in [-0.2, -0.15) is 0 Å². The van der Waals surface area contributed by atoms with Crippen LogP contribution in [-0.2, 0) is 0 Å². The van der Waals surface area contributed by atoms with Crippen LogP contribution in [0.4, 0.5) is 11.4 Å². The predicted molar refractivity (Wildman–Crippen MR) is 96.5 cm³/mol. The summed E-state index contributed by atoms with van der Waals surface area (Å²) in [6.45, 7) is 5.38. The number of carbonyl (C=O) groups excluding carboxylic acids is 1. The lowest BCUT2D eigenvalue weighted by molar-refractivity contribution is 0.102. The molecule has 3 nitrogen and oxygen atoms in total. The lowest BCUT2D eigenvalue weighted by Crippen LogP contribution is -2.12. The second kappa shape index (κ2) is 7.99. The van der Waals surface area contributed by atoms with E-state index in [-0.39, 0.29) is 5.91 Å². The van der Waals surface area contributed by atoms with Gasteiger partial charge >= 0.3 is 0 Å². The first-order chi connectivity index (χ1) is 10.6. The first-order valence-corrected chi connectivity index (χ1v) is 8.25. The number of halogens is 1. The Kier molecular flexibility index (Phi) is 6.01. The summed E-state index contributed by atoms with van der Waals surface area (Å²) in [5.41, 5.74) is 2.48. The number of hydrogen-bond donors (Lipinski definition) is 2. The fourth-order valence-electron chi connectivity index (χ4n) is 2.02. The third kappa shape index (κ3) is 4.88. The molecule has 2 aromatic carbocycles. The molecule has 0 aromatic heterocycles. The van der Waals surface area contributed by atoms with Crippen molar-refractivity contribution in [2.75, 3.05) is 17.2 Å². The molecule has 0 aliphatic carbocycles. The van der Waals surface area contributed by atoms with Gasteiger partial charge in [-0.25, -0.2) is 0 Å². The summed E-state index contributed by atoms with van der Waals surface area (Å²) in [4.78, 5) is 12.2. The maximum Gasteiger partial charge on any atom is 0.256 e. The van der Waals surface area contributed by atoms with E-state index >= 15 is 0 Å². The zero-order chi connectivity index (χ0) is 15.9. The molecule has 0 radical (unpaired) electrons. The number of hydrogen-bond acceptors (Lipinski definition) is 2. The first-order valence-electron chi connectivity index (χ1n) is 7.46. The fraction of sp³-hybridized carbons (Fsp3) is 0.278. The molecular formula is C18H21BrN2O. The van der Waals surface area contributed by atoms with Crippen LogP contribution in [0.1, 0.15) is 30.6 Å². The molecule has 0 aliphatic heterocycles. The van der Waals surface area contributed by atoms with E-state index in [1.807, 2.05) is 42.5 Å². The molecule has 0 heterocycles. The van der Waals surface area contributed by atoms with Gasteiger partial charge in [-0.05, 0) is 64.7 Å². The van der Waals surface area contributed by atoms with Crippen LogP contribution in [0.25, 0.3) is 0 Å². The van der Waals surface area contributed by atoms with E-state index in [9.17, 15) is 4.79 Å². The number of nitrogens with one attached hydrogen (secondary N) is 2. The Morgan fingerprint density at radius 2 is 1.68 bits per heavy atom. The van der Waals surface area contributed by atoms with Gasteiger partial charge in [0.25, 0.3) is 5.91 Å². The fourth-order valence-corrected chi connectivity index (χ4v) is 2.49. The van der Waals surface area contributed by atoms with E-state index in [0.717, 1.165) is 28.8 Å². The summed E-state index contributed by atoms with van der Waals surface area (Å²) < 4.78 is 0.791. The average molecular weight is 361 g/mol. The Hall–Kier alpha value is -1.81. The van der Waals surface area contributed by atoms with Gasteiger partial charge in [0.05, 0.1) is 5.56 Å². The van der Waals surface area contributed by atoms with E-state index in [0.29, 0.717) is 11.5 Å². The highest BCUT2D eigenvalue weighted by Gasteiger charge is 2.09. The second-order valence-corrected chi connectivity index (χ2v) is 6.47. The normalized spacial score (nSPS) is 10.5. The Bertz CT molecular complexity index is 623. The van der Waals surface area contributed by atoms with Gasteiger partial charge in [0.2, 0.25) is 0 Å². The van der Waals surface area contributed by atoms with Crippen molar-refractivity contribution in [2.24, 2.45) is 5.92 Å². The number of anilines is 2. The van der Waals surface area contributed by atoms with E-state index in [4.69, 9.17) is 0 Å². The molecule has 22 heavy (non-hydrogen) atoms. The molecule has 0 spiro atoms. The number of amides is 1. The Morgan fingerprint density at radius 3 is 2.32 bits per heavy atom. The zero-order valence-corrected chi connectivity index (χ0v) is 14.5. The molecule has 1 amide bonds. The molecule has 0 saturated heterocycles. The monoisotopic (exact) mass is 360 g/mol. The number of benzene rings is 2. The van der Waals surface area contributed by atoms with Gasteiger partial charge in [0.1, 0.15) is 0 Å². The summed E-state index contributed by atoms with van der Waals surface area (Å²) in [6, 6.07) is 15.2. The summed E-state index contributed by atoms with van der Waals surface area (Å²) in [6.07, 6.45) is 1.14. The van der Waals surface area contributed by atoms with Gasteiger partial charge in [0.15, 0.2) is 0 Å². The molecule has 116 valence electrons. The van der Waals surface area contributed by atoms with Crippen molar-refractivity contribution in [3.63, 3.8) is 0 Å². The van der Waals surface area contributed by atoms with Crippen molar-refractivity contribution in [1.82, 2.24) is 0 Å². The van der Waals surface area contributed by atoms with Crippen LogP contribution in [0.15, 0.2) is 53.0 Å². The molecule has 0 aliphatic rings. The minimum atomic E-state index is -0.118. The summed E-state index contributed by atoms with van der Waals surface area (Å²) in [5.74, 6) is 0.573. The molecule has 0 bridgehead atoms. The van der Waals surface area contributed by atoms with Crippen molar-refractivity contribution in [3.05, 3.63) is 58.6 Å². The van der Waals surface area contributed by atoms with E-state index in [1.165, 1.54) is 0 Å². The topological polar surface area (TPSA) is 41.1 Å². The van der Waals surface area contributed by atoms with Crippen molar-refractivity contribution in [3.8, 4) is 0 Å². The van der Waals surface area contributed by atoms with Crippen LogP contribution in [0.5, 0.6) is 0 Å². The largest absolute Gasteiger partial charge is 0.385 e. The molecule has 0 saturated carbocycles. The van der Waals surface area contributed by atoms with Crippen LogP contribution in [0, 0.1) is 5.92 Å². The molecule has 2 aromatic rings. The predicted octanol–water partition coefficient (Wildman–Crippen LogP) is 5.16. The van der Waals surface area contributed by atoms with Crippen molar-refractivity contribution in [1.29, 1.82) is 0 Å². The van der Waals surface area contributed by atoms with E-state index in [2.05, 4.69) is 40.4 Å². The van der Waals surface area contributed by atoms with Gasteiger partial charge in [0, 0.05) is 22.4 Å². The van der Waals surface area contributed by atoms with Gasteiger partial charge in [-0.1, -0.05) is 26.0 Å². The zero-order valence-electron chi connectivity index (χ0n) is 12.9. The quantitative estimate of drug-likeness (QED) is 0.746. The Balaban J connectivity index is 1.94. The van der Waals surface area contributed by atoms with Crippen LogP contribution in [-0.4, -0.2) is 12.5 Å². The molecule has 4 heteroatoms. The average Bonchev–Trinajstić information content (AvgIpc) is 2.49. The number of rotatable bonds is 6. The van der Waals surface area contributed by atoms with Crippen molar-refractivity contribution < 1.29 is 4.79 Å². The Morgan fingerprint density at radius 1 is 1.05 bits per heavy atom. The van der Waals surface area contributed by atoms with Gasteiger partial charge in [-0.3, -0.25) is 4.79 Å². The maximum absolute atomic E-state index is 12.2. The summed E-state index contributed by atoms with van der Waals surface area (Å²) in [5, 5.41) is 6.28. The van der Waals surface area contributed by atoms with Crippen molar-refractivity contribution >= 4 is 33.2 Å². The highest BCUT2D eigenvalue weighted by Crippen LogP contribution is 2.19. The molecule has 2 N–H and O–H groups in total. The van der Waals surface area contributed by atoms with E-state index in [1.54, 1.807) is 6.07 Å². The molecule has 0 unspecified atom stereocenters. The lowest BCUT2D eigenvalue weighted by Gasteiger charge is -2.10. The maximum atomic E-state index is 12.2. The first kappa shape index (κ1) is 16.6.